The summed E-state index contributed by atoms with van der Waals surface area (Å²) in [4.78, 5) is 1.61. The first-order valence-corrected chi connectivity index (χ1v) is 4.63. The van der Waals surface area contributed by atoms with E-state index in [4.69, 9.17) is 10.4 Å². The molecule has 4 heteroatoms. The summed E-state index contributed by atoms with van der Waals surface area (Å²) in [5, 5.41) is 17.7. The second kappa shape index (κ2) is 4.76. The van der Waals surface area contributed by atoms with Gasteiger partial charge < -0.3 is 10.0 Å². The van der Waals surface area contributed by atoms with Crippen molar-refractivity contribution in [3.63, 3.8) is 0 Å². The fourth-order valence-corrected chi connectivity index (χ4v) is 1.38. The molecular weight excluding hydrogens is 195 g/mol. The quantitative estimate of drug-likeness (QED) is 0.819. The van der Waals surface area contributed by atoms with E-state index >= 15 is 0 Å². The number of rotatable bonds is 3. The van der Waals surface area contributed by atoms with Gasteiger partial charge in [-0.2, -0.15) is 5.26 Å². The molecule has 1 unspecified atom stereocenters. The second-order valence-electron chi connectivity index (χ2n) is 3.51. The van der Waals surface area contributed by atoms with Gasteiger partial charge >= 0.3 is 0 Å². The third-order valence-corrected chi connectivity index (χ3v) is 2.03. The van der Waals surface area contributed by atoms with Crippen LogP contribution in [0.25, 0.3) is 0 Å². The molecule has 1 atom stereocenters. The summed E-state index contributed by atoms with van der Waals surface area (Å²) >= 11 is 0. The minimum absolute atomic E-state index is 0.293. The van der Waals surface area contributed by atoms with Crippen LogP contribution in [0.1, 0.15) is 12.5 Å². The van der Waals surface area contributed by atoms with Crippen molar-refractivity contribution in [3.05, 3.63) is 29.6 Å². The van der Waals surface area contributed by atoms with Crippen LogP contribution in [0.15, 0.2) is 18.2 Å². The van der Waals surface area contributed by atoms with E-state index in [2.05, 4.69) is 0 Å². The number of aliphatic hydroxyl groups excluding tert-OH is 1. The molecule has 0 bridgehead atoms. The van der Waals surface area contributed by atoms with E-state index in [1.807, 2.05) is 6.07 Å². The molecule has 3 nitrogen and oxygen atoms in total. The molecule has 0 saturated carbocycles. The van der Waals surface area contributed by atoms with Crippen LogP contribution in [0, 0.1) is 17.1 Å². The normalized spacial score (nSPS) is 11.9. The van der Waals surface area contributed by atoms with E-state index in [-0.39, 0.29) is 0 Å². The van der Waals surface area contributed by atoms with E-state index in [1.165, 1.54) is 12.1 Å². The maximum atomic E-state index is 13.5. The lowest BCUT2D eigenvalue weighted by Crippen LogP contribution is -2.27. The first kappa shape index (κ1) is 11.5. The average Bonchev–Trinajstić information content (AvgIpc) is 2.16. The lowest BCUT2D eigenvalue weighted by molar-refractivity contribution is 0.201. The summed E-state index contributed by atoms with van der Waals surface area (Å²) < 4.78 is 13.5. The van der Waals surface area contributed by atoms with E-state index in [0.717, 1.165) is 0 Å². The monoisotopic (exact) mass is 208 g/mol. The van der Waals surface area contributed by atoms with Crippen LogP contribution in [0.3, 0.4) is 0 Å². The lowest BCUT2D eigenvalue weighted by Gasteiger charge is -2.21. The van der Waals surface area contributed by atoms with Gasteiger partial charge in [0.25, 0.3) is 0 Å². The van der Waals surface area contributed by atoms with Crippen LogP contribution in [-0.4, -0.2) is 24.8 Å². The number of likely N-dealkylation sites (N-methyl/N-ethyl adjacent to an activating group) is 1. The summed E-state index contributed by atoms with van der Waals surface area (Å²) in [6.45, 7) is 1.99. The van der Waals surface area contributed by atoms with Crippen LogP contribution in [-0.2, 0) is 0 Å². The molecule has 0 radical (unpaired) electrons. The van der Waals surface area contributed by atoms with Gasteiger partial charge in [-0.15, -0.1) is 0 Å². The maximum absolute atomic E-state index is 13.5. The smallest absolute Gasteiger partial charge is 0.147 e. The van der Waals surface area contributed by atoms with Crippen LogP contribution < -0.4 is 4.90 Å². The van der Waals surface area contributed by atoms with Crippen molar-refractivity contribution in [3.8, 4) is 6.07 Å². The first-order chi connectivity index (χ1) is 7.04. The van der Waals surface area contributed by atoms with Crippen LogP contribution in [0.4, 0.5) is 10.1 Å². The first-order valence-electron chi connectivity index (χ1n) is 4.63. The zero-order valence-electron chi connectivity index (χ0n) is 8.74. The van der Waals surface area contributed by atoms with Gasteiger partial charge in [0.1, 0.15) is 5.82 Å². The van der Waals surface area contributed by atoms with E-state index in [1.54, 1.807) is 24.9 Å². The Morgan fingerprint density at radius 1 is 1.60 bits per heavy atom. The van der Waals surface area contributed by atoms with Gasteiger partial charge in [-0.05, 0) is 25.1 Å². The minimum Gasteiger partial charge on any atom is -0.392 e. The van der Waals surface area contributed by atoms with Crippen molar-refractivity contribution >= 4 is 5.69 Å². The summed E-state index contributed by atoms with van der Waals surface area (Å²) in [7, 11) is 1.69. The Kier molecular flexibility index (Phi) is 3.64. The second-order valence-corrected chi connectivity index (χ2v) is 3.51. The largest absolute Gasteiger partial charge is 0.392 e. The van der Waals surface area contributed by atoms with Crippen LogP contribution >= 0.6 is 0 Å². The highest BCUT2D eigenvalue weighted by atomic mass is 19.1. The Hall–Kier alpha value is -1.60. The summed E-state index contributed by atoms with van der Waals surface area (Å²) in [5.74, 6) is -0.447. The van der Waals surface area contributed by atoms with Gasteiger partial charge in [0.2, 0.25) is 0 Å². The van der Waals surface area contributed by atoms with Gasteiger partial charge in [0.15, 0.2) is 0 Å². The molecule has 0 saturated heterocycles. The molecule has 0 heterocycles. The van der Waals surface area contributed by atoms with Gasteiger partial charge in [0.05, 0.1) is 23.4 Å². The average molecular weight is 208 g/mol. The number of anilines is 1. The fourth-order valence-electron chi connectivity index (χ4n) is 1.38. The summed E-state index contributed by atoms with van der Waals surface area (Å²) in [6, 6.07) is 6.15. The summed E-state index contributed by atoms with van der Waals surface area (Å²) in [6.07, 6.45) is -0.523. The van der Waals surface area contributed by atoms with Crippen molar-refractivity contribution in [1.29, 1.82) is 5.26 Å². The molecule has 1 N–H and O–H groups in total. The highest BCUT2D eigenvalue weighted by Crippen LogP contribution is 2.19. The molecule has 15 heavy (non-hydrogen) atoms. The van der Waals surface area contributed by atoms with Crippen molar-refractivity contribution in [1.82, 2.24) is 0 Å². The predicted molar refractivity (Wildman–Crippen MR) is 56.1 cm³/mol. The summed E-state index contributed by atoms with van der Waals surface area (Å²) in [5.41, 5.74) is 0.677. The Labute approximate surface area is 88.4 Å². The van der Waals surface area contributed by atoms with Gasteiger partial charge in [-0.3, -0.25) is 0 Å². The Morgan fingerprint density at radius 2 is 2.27 bits per heavy atom. The Morgan fingerprint density at radius 3 is 2.73 bits per heavy atom. The lowest BCUT2D eigenvalue weighted by atomic mass is 10.2. The number of hydrogen-bond acceptors (Lipinski definition) is 3. The predicted octanol–water partition coefficient (Wildman–Crippen LogP) is 1.51. The molecule has 0 aliphatic carbocycles. The third-order valence-electron chi connectivity index (χ3n) is 2.03. The SMILES string of the molecule is CC(O)CN(C)c1ccc(C#N)cc1F. The van der Waals surface area contributed by atoms with Gasteiger partial charge in [0, 0.05) is 13.6 Å². The Bertz CT molecular complexity index is 385. The standard InChI is InChI=1S/C11H13FN2O/c1-8(15)7-14(2)11-4-3-9(6-13)5-10(11)12/h3-5,8,15H,7H2,1-2H3. The zero-order chi connectivity index (χ0) is 11.4. The van der Waals surface area contributed by atoms with Crippen molar-refractivity contribution in [2.75, 3.05) is 18.5 Å². The number of nitrogens with zero attached hydrogens (tertiary/aromatic N) is 2. The molecule has 0 aromatic heterocycles. The molecule has 0 fully saturated rings. The van der Waals surface area contributed by atoms with E-state index in [9.17, 15) is 4.39 Å². The van der Waals surface area contributed by atoms with Crippen molar-refractivity contribution < 1.29 is 9.50 Å². The molecule has 1 aromatic carbocycles. The molecule has 0 amide bonds. The molecule has 0 aliphatic heterocycles. The topological polar surface area (TPSA) is 47.3 Å². The fraction of sp³-hybridized carbons (Fsp3) is 0.364. The molecule has 1 rings (SSSR count). The van der Waals surface area contributed by atoms with Gasteiger partial charge in [-0.25, -0.2) is 4.39 Å². The Balaban J connectivity index is 2.91. The van der Waals surface area contributed by atoms with Gasteiger partial charge in [-0.1, -0.05) is 0 Å². The molecule has 1 aromatic rings. The van der Waals surface area contributed by atoms with Crippen molar-refractivity contribution in [2.24, 2.45) is 0 Å². The third kappa shape index (κ3) is 2.93. The molecule has 80 valence electrons. The molecular formula is C11H13FN2O. The zero-order valence-corrected chi connectivity index (χ0v) is 8.74. The molecule has 0 aliphatic rings. The van der Waals surface area contributed by atoms with Crippen molar-refractivity contribution in [2.45, 2.75) is 13.0 Å². The highest BCUT2D eigenvalue weighted by molar-refractivity contribution is 5.50. The number of aliphatic hydroxyl groups is 1. The molecule has 0 spiro atoms. The number of nitriles is 1. The number of halogens is 1. The maximum Gasteiger partial charge on any atom is 0.147 e. The highest BCUT2D eigenvalue weighted by Gasteiger charge is 2.09. The number of benzene rings is 1. The number of hydrogen-bond donors (Lipinski definition) is 1. The van der Waals surface area contributed by atoms with E-state index < -0.39 is 11.9 Å². The van der Waals surface area contributed by atoms with Crippen LogP contribution in [0.2, 0.25) is 0 Å². The minimum atomic E-state index is -0.523. The van der Waals surface area contributed by atoms with E-state index in [0.29, 0.717) is 17.8 Å². The van der Waals surface area contributed by atoms with Crippen LogP contribution in [0.5, 0.6) is 0 Å².